The molecule has 1 aromatic carbocycles. The normalized spacial score (nSPS) is 20.7. The number of rotatable bonds is 0. The van der Waals surface area contributed by atoms with E-state index in [0.29, 0.717) is 23.6 Å². The van der Waals surface area contributed by atoms with E-state index in [2.05, 4.69) is 0 Å². The third kappa shape index (κ3) is 1.38. The maximum absolute atomic E-state index is 13.2. The van der Waals surface area contributed by atoms with Gasteiger partial charge in [-0.25, -0.2) is 4.39 Å². The topological polar surface area (TPSA) is 35.2 Å². The van der Waals surface area contributed by atoms with Crippen LogP contribution in [0.25, 0.3) is 0 Å². The number of hydrogen-bond acceptors (Lipinski definition) is 2. The maximum atomic E-state index is 13.2. The van der Waals surface area contributed by atoms with Crippen LogP contribution >= 0.6 is 11.6 Å². The van der Waals surface area contributed by atoms with Crippen molar-refractivity contribution in [2.45, 2.75) is 12.5 Å². The summed E-state index contributed by atoms with van der Waals surface area (Å²) < 4.78 is 18.4. The van der Waals surface area contributed by atoms with Crippen LogP contribution in [0, 0.1) is 5.82 Å². The van der Waals surface area contributed by atoms with Gasteiger partial charge in [0, 0.05) is 23.0 Å². The van der Waals surface area contributed by atoms with E-state index in [4.69, 9.17) is 22.1 Å². The summed E-state index contributed by atoms with van der Waals surface area (Å²) >= 11 is 5.88. The largest absolute Gasteiger partial charge is 0.490 e. The molecular formula is C9H9ClFNO. The van der Waals surface area contributed by atoms with Gasteiger partial charge < -0.3 is 10.5 Å². The van der Waals surface area contributed by atoms with E-state index < -0.39 is 5.82 Å². The fourth-order valence-electron chi connectivity index (χ4n) is 1.47. The van der Waals surface area contributed by atoms with Gasteiger partial charge in [-0.1, -0.05) is 11.6 Å². The molecule has 4 heteroatoms. The fourth-order valence-corrected chi connectivity index (χ4v) is 1.76. The molecule has 70 valence electrons. The van der Waals surface area contributed by atoms with Gasteiger partial charge in [0.05, 0.1) is 6.61 Å². The van der Waals surface area contributed by atoms with Crippen molar-refractivity contribution in [2.24, 2.45) is 5.73 Å². The minimum Gasteiger partial charge on any atom is -0.490 e. The van der Waals surface area contributed by atoms with E-state index in [0.717, 1.165) is 0 Å². The van der Waals surface area contributed by atoms with Gasteiger partial charge >= 0.3 is 0 Å². The summed E-state index contributed by atoms with van der Waals surface area (Å²) in [5.74, 6) is -0.180. The molecular weight excluding hydrogens is 193 g/mol. The van der Waals surface area contributed by atoms with Crippen molar-refractivity contribution in [1.82, 2.24) is 0 Å². The first kappa shape index (κ1) is 8.78. The first-order valence-electron chi connectivity index (χ1n) is 4.06. The Labute approximate surface area is 80.4 Å². The number of nitrogens with two attached hydrogens (primary N) is 1. The van der Waals surface area contributed by atoms with Gasteiger partial charge in [0.25, 0.3) is 0 Å². The van der Waals surface area contributed by atoms with E-state index in [1.807, 2.05) is 0 Å². The van der Waals surface area contributed by atoms with Crippen LogP contribution in [0.3, 0.4) is 0 Å². The minimum absolute atomic E-state index is 0.214. The van der Waals surface area contributed by atoms with Crippen LogP contribution in [0.4, 0.5) is 4.39 Å². The number of ether oxygens (including phenoxy) is 1. The Morgan fingerprint density at radius 3 is 3.00 bits per heavy atom. The third-order valence-electron chi connectivity index (χ3n) is 2.14. The Morgan fingerprint density at radius 2 is 2.31 bits per heavy atom. The molecule has 13 heavy (non-hydrogen) atoms. The first-order valence-corrected chi connectivity index (χ1v) is 4.44. The van der Waals surface area contributed by atoms with Gasteiger partial charge in [-0.3, -0.25) is 0 Å². The maximum Gasteiger partial charge on any atom is 0.165 e. The lowest BCUT2D eigenvalue weighted by atomic mass is 10.0. The molecule has 0 bridgehead atoms. The molecule has 0 saturated carbocycles. The smallest absolute Gasteiger partial charge is 0.165 e. The van der Waals surface area contributed by atoms with Crippen LogP contribution in [-0.4, -0.2) is 6.61 Å². The molecule has 0 amide bonds. The van der Waals surface area contributed by atoms with Crippen molar-refractivity contribution >= 4 is 11.6 Å². The molecule has 0 aliphatic carbocycles. The fraction of sp³-hybridized carbons (Fsp3) is 0.333. The van der Waals surface area contributed by atoms with Crippen molar-refractivity contribution in [3.63, 3.8) is 0 Å². The van der Waals surface area contributed by atoms with Crippen molar-refractivity contribution in [1.29, 1.82) is 0 Å². The van der Waals surface area contributed by atoms with Gasteiger partial charge in [-0.2, -0.15) is 0 Å². The molecule has 1 heterocycles. The Kier molecular flexibility index (Phi) is 2.14. The second kappa shape index (κ2) is 3.16. The lowest BCUT2D eigenvalue weighted by molar-refractivity contribution is 0.255. The van der Waals surface area contributed by atoms with Crippen LogP contribution in [0.1, 0.15) is 18.0 Å². The summed E-state index contributed by atoms with van der Waals surface area (Å²) in [6.07, 6.45) is 0.677. The van der Waals surface area contributed by atoms with Gasteiger partial charge in [-0.15, -0.1) is 0 Å². The third-order valence-corrected chi connectivity index (χ3v) is 2.47. The first-order chi connectivity index (χ1) is 6.20. The number of hydrogen-bond donors (Lipinski definition) is 1. The molecule has 1 aromatic rings. The lowest BCUT2D eigenvalue weighted by Gasteiger charge is -2.24. The summed E-state index contributed by atoms with van der Waals surface area (Å²) in [6.45, 7) is 0.450. The van der Waals surface area contributed by atoms with Gasteiger partial charge in [0.1, 0.15) is 0 Å². The zero-order valence-corrected chi connectivity index (χ0v) is 7.64. The molecule has 0 aromatic heterocycles. The second-order valence-corrected chi connectivity index (χ2v) is 3.42. The van der Waals surface area contributed by atoms with Gasteiger partial charge in [0.15, 0.2) is 11.6 Å². The highest BCUT2D eigenvalue weighted by Crippen LogP contribution is 2.37. The molecule has 2 nitrogen and oxygen atoms in total. The summed E-state index contributed by atoms with van der Waals surface area (Å²) in [6, 6.07) is 2.58. The molecule has 1 aliphatic rings. The van der Waals surface area contributed by atoms with Crippen LogP contribution in [0.15, 0.2) is 12.1 Å². The van der Waals surface area contributed by atoms with Crippen LogP contribution < -0.4 is 10.5 Å². The Hall–Kier alpha value is -0.800. The zero-order chi connectivity index (χ0) is 9.42. The SMILES string of the molecule is NC1CCOc2c(F)ccc(Cl)c21. The zero-order valence-electron chi connectivity index (χ0n) is 6.89. The van der Waals surface area contributed by atoms with Crippen molar-refractivity contribution in [3.8, 4) is 5.75 Å². The average Bonchev–Trinajstić information content (AvgIpc) is 2.12. The monoisotopic (exact) mass is 201 g/mol. The summed E-state index contributed by atoms with van der Waals surface area (Å²) in [5.41, 5.74) is 6.38. The quantitative estimate of drug-likeness (QED) is 0.699. The highest BCUT2D eigenvalue weighted by Gasteiger charge is 2.23. The number of benzene rings is 1. The molecule has 0 fully saturated rings. The van der Waals surface area contributed by atoms with Crippen molar-refractivity contribution < 1.29 is 9.13 Å². The molecule has 1 atom stereocenters. The Balaban J connectivity index is 2.60. The molecule has 2 rings (SSSR count). The van der Waals surface area contributed by atoms with E-state index in [1.54, 1.807) is 0 Å². The Morgan fingerprint density at radius 1 is 1.54 bits per heavy atom. The summed E-state index contributed by atoms with van der Waals surface area (Å²) in [5, 5.41) is 0.476. The van der Waals surface area contributed by atoms with Gasteiger partial charge in [-0.05, 0) is 12.1 Å². The molecule has 0 saturated heterocycles. The average molecular weight is 202 g/mol. The minimum atomic E-state index is -0.394. The van der Waals surface area contributed by atoms with Gasteiger partial charge in [0.2, 0.25) is 0 Å². The number of halogens is 2. The van der Waals surface area contributed by atoms with Crippen molar-refractivity contribution in [2.75, 3.05) is 6.61 Å². The number of fused-ring (bicyclic) bond motifs is 1. The molecule has 0 spiro atoms. The molecule has 0 radical (unpaired) electrons. The van der Waals surface area contributed by atoms with E-state index >= 15 is 0 Å². The highest BCUT2D eigenvalue weighted by molar-refractivity contribution is 6.31. The van der Waals surface area contributed by atoms with E-state index in [-0.39, 0.29) is 11.8 Å². The molecule has 2 N–H and O–H groups in total. The summed E-state index contributed by atoms with van der Waals surface area (Å²) in [4.78, 5) is 0. The summed E-state index contributed by atoms with van der Waals surface area (Å²) in [7, 11) is 0. The highest BCUT2D eigenvalue weighted by atomic mass is 35.5. The van der Waals surface area contributed by atoms with Crippen molar-refractivity contribution in [3.05, 3.63) is 28.5 Å². The predicted molar refractivity (Wildman–Crippen MR) is 48.5 cm³/mol. The standard InChI is InChI=1S/C9H9ClFNO/c10-5-1-2-6(11)9-8(5)7(12)3-4-13-9/h1-2,7H,3-4,12H2. The van der Waals surface area contributed by atoms with E-state index in [1.165, 1.54) is 12.1 Å². The predicted octanol–water partition coefficient (Wildman–Crippen LogP) is 2.26. The van der Waals surface area contributed by atoms with Crippen LogP contribution in [0.5, 0.6) is 5.75 Å². The van der Waals surface area contributed by atoms with Crippen LogP contribution in [0.2, 0.25) is 5.02 Å². The van der Waals surface area contributed by atoms with Crippen LogP contribution in [-0.2, 0) is 0 Å². The second-order valence-electron chi connectivity index (χ2n) is 3.02. The molecule has 1 aliphatic heterocycles. The lowest BCUT2D eigenvalue weighted by Crippen LogP contribution is -2.21. The Bertz CT molecular complexity index is 343. The molecule has 1 unspecified atom stereocenters. The van der Waals surface area contributed by atoms with E-state index in [9.17, 15) is 4.39 Å².